The van der Waals surface area contributed by atoms with Crippen molar-refractivity contribution in [2.24, 2.45) is 5.41 Å². The van der Waals surface area contributed by atoms with Crippen molar-refractivity contribution >= 4 is 0 Å². The third-order valence-electron chi connectivity index (χ3n) is 2.65. The van der Waals surface area contributed by atoms with Crippen LogP contribution in [0.25, 0.3) is 0 Å². The fraction of sp³-hybridized carbons (Fsp3) is 1.00. The molecule has 1 fully saturated rings. The lowest BCUT2D eigenvalue weighted by molar-refractivity contribution is -0.138. The Hall–Kier alpha value is -0.180. The van der Waals surface area contributed by atoms with Crippen LogP contribution in [-0.4, -0.2) is 17.1 Å². The zero-order valence-corrected chi connectivity index (χ0v) is 7.61. The molecule has 1 aliphatic carbocycles. The minimum absolute atomic E-state index is 0.135. The van der Waals surface area contributed by atoms with E-state index in [2.05, 4.69) is 0 Å². The van der Waals surface area contributed by atoms with Gasteiger partial charge in [0, 0.05) is 0 Å². The molecule has 0 bridgehead atoms. The van der Waals surface area contributed by atoms with Crippen molar-refractivity contribution in [3.8, 4) is 0 Å². The van der Waals surface area contributed by atoms with E-state index in [0.29, 0.717) is 6.42 Å². The maximum atomic E-state index is 12.4. The van der Waals surface area contributed by atoms with E-state index in [1.54, 1.807) is 0 Å². The van der Waals surface area contributed by atoms with E-state index >= 15 is 0 Å². The molecule has 0 aliphatic heterocycles. The van der Waals surface area contributed by atoms with Gasteiger partial charge in [-0.15, -0.1) is 0 Å². The summed E-state index contributed by atoms with van der Waals surface area (Å²) in [4.78, 5) is 0. The summed E-state index contributed by atoms with van der Waals surface area (Å²) in [6.07, 6.45) is -0.501. The number of aliphatic hydroxyl groups is 1. The third kappa shape index (κ3) is 1.94. The summed E-state index contributed by atoms with van der Waals surface area (Å²) in [5.74, 6) is 0. The van der Waals surface area contributed by atoms with Crippen LogP contribution < -0.4 is 0 Å². The van der Waals surface area contributed by atoms with Crippen LogP contribution in [0.2, 0.25) is 0 Å². The van der Waals surface area contributed by atoms with Crippen LogP contribution in [0.4, 0.5) is 8.78 Å². The Bertz CT molecular complexity index is 168. The maximum Gasteiger partial charge on any atom is 0.266 e. The van der Waals surface area contributed by atoms with Gasteiger partial charge in [-0.05, 0) is 31.1 Å². The molecule has 3 heteroatoms. The molecule has 1 N–H and O–H groups in total. The van der Waals surface area contributed by atoms with Crippen molar-refractivity contribution in [2.75, 3.05) is 0 Å². The highest BCUT2D eigenvalue weighted by Gasteiger charge is 2.44. The van der Waals surface area contributed by atoms with Crippen LogP contribution >= 0.6 is 0 Å². The molecule has 72 valence electrons. The number of hydrogen-bond acceptors (Lipinski definition) is 1. The van der Waals surface area contributed by atoms with E-state index in [9.17, 15) is 13.9 Å². The van der Waals surface area contributed by atoms with E-state index in [4.69, 9.17) is 0 Å². The Balaban J connectivity index is 2.68. The summed E-state index contributed by atoms with van der Waals surface area (Å²) in [5, 5.41) is 9.53. The van der Waals surface area contributed by atoms with Crippen molar-refractivity contribution in [1.29, 1.82) is 0 Å². The molecule has 0 radical (unpaired) electrons. The first kappa shape index (κ1) is 9.90. The second kappa shape index (κ2) is 2.95. The molecular formula is C9H16F2O. The summed E-state index contributed by atoms with van der Waals surface area (Å²) in [5.41, 5.74) is -1.86. The van der Waals surface area contributed by atoms with Gasteiger partial charge in [-0.1, -0.05) is 13.8 Å². The lowest BCUT2D eigenvalue weighted by Gasteiger charge is -2.40. The molecule has 0 aromatic carbocycles. The Morgan fingerprint density at radius 3 is 2.17 bits per heavy atom. The Kier molecular flexibility index (Phi) is 2.43. The highest BCUT2D eigenvalue weighted by atomic mass is 19.3. The SMILES string of the molecule is CC1(C)CCCC(O)(C(F)F)C1. The van der Waals surface area contributed by atoms with Crippen LogP contribution in [0.3, 0.4) is 0 Å². The van der Waals surface area contributed by atoms with Gasteiger partial charge in [0.2, 0.25) is 0 Å². The third-order valence-corrected chi connectivity index (χ3v) is 2.65. The van der Waals surface area contributed by atoms with E-state index in [0.717, 1.165) is 6.42 Å². The molecule has 1 aliphatic rings. The van der Waals surface area contributed by atoms with Gasteiger partial charge in [-0.25, -0.2) is 8.78 Å². The van der Waals surface area contributed by atoms with E-state index in [1.165, 1.54) is 0 Å². The molecule has 0 amide bonds. The fourth-order valence-corrected chi connectivity index (χ4v) is 2.06. The molecule has 12 heavy (non-hydrogen) atoms. The number of hydrogen-bond donors (Lipinski definition) is 1. The standard InChI is InChI=1S/C9H16F2O/c1-8(2)4-3-5-9(12,6-8)7(10)11/h7,12H,3-6H2,1-2H3. The predicted octanol–water partition coefficient (Wildman–Crippen LogP) is 2.58. The maximum absolute atomic E-state index is 12.4. The van der Waals surface area contributed by atoms with Crippen molar-refractivity contribution < 1.29 is 13.9 Å². The van der Waals surface area contributed by atoms with Gasteiger partial charge in [0.25, 0.3) is 6.43 Å². The fourth-order valence-electron chi connectivity index (χ4n) is 2.06. The highest BCUT2D eigenvalue weighted by Crippen LogP contribution is 2.43. The molecule has 0 saturated heterocycles. The van der Waals surface area contributed by atoms with Crippen LogP contribution in [0, 0.1) is 5.41 Å². The topological polar surface area (TPSA) is 20.2 Å². The van der Waals surface area contributed by atoms with Crippen molar-refractivity contribution in [3.05, 3.63) is 0 Å². The van der Waals surface area contributed by atoms with Gasteiger partial charge in [-0.2, -0.15) is 0 Å². The average molecular weight is 178 g/mol. The molecule has 0 aromatic heterocycles. The lowest BCUT2D eigenvalue weighted by atomic mass is 9.70. The molecule has 1 saturated carbocycles. The Morgan fingerprint density at radius 2 is 1.83 bits per heavy atom. The minimum Gasteiger partial charge on any atom is -0.384 e. The van der Waals surface area contributed by atoms with E-state index in [1.807, 2.05) is 13.8 Å². The quantitative estimate of drug-likeness (QED) is 0.654. The summed E-state index contributed by atoms with van der Waals surface area (Å²) < 4.78 is 24.8. The first-order chi connectivity index (χ1) is 5.36. The summed E-state index contributed by atoms with van der Waals surface area (Å²) in [6.45, 7) is 3.86. The molecule has 1 unspecified atom stereocenters. The van der Waals surface area contributed by atoms with E-state index < -0.39 is 12.0 Å². The number of rotatable bonds is 1. The van der Waals surface area contributed by atoms with Gasteiger partial charge in [-0.3, -0.25) is 0 Å². The van der Waals surface area contributed by atoms with Gasteiger partial charge < -0.3 is 5.11 Å². The number of halogens is 2. The molecule has 1 rings (SSSR count). The summed E-state index contributed by atoms with van der Waals surface area (Å²) in [6, 6.07) is 0. The second-order valence-electron chi connectivity index (χ2n) is 4.60. The van der Waals surface area contributed by atoms with Gasteiger partial charge in [0.1, 0.15) is 5.60 Å². The van der Waals surface area contributed by atoms with Crippen molar-refractivity contribution in [1.82, 2.24) is 0 Å². The van der Waals surface area contributed by atoms with Crippen molar-refractivity contribution in [2.45, 2.75) is 51.6 Å². The summed E-state index contributed by atoms with van der Waals surface area (Å²) in [7, 11) is 0. The molecule has 0 aromatic rings. The summed E-state index contributed by atoms with van der Waals surface area (Å²) >= 11 is 0. The predicted molar refractivity (Wildman–Crippen MR) is 43.2 cm³/mol. The molecule has 0 heterocycles. The zero-order chi connectivity index (χ0) is 9.41. The van der Waals surface area contributed by atoms with Crippen molar-refractivity contribution in [3.63, 3.8) is 0 Å². The number of alkyl halides is 2. The second-order valence-corrected chi connectivity index (χ2v) is 4.60. The van der Waals surface area contributed by atoms with Crippen LogP contribution in [0.15, 0.2) is 0 Å². The normalized spacial score (nSPS) is 35.5. The molecular weight excluding hydrogens is 162 g/mol. The largest absolute Gasteiger partial charge is 0.384 e. The van der Waals surface area contributed by atoms with Crippen LogP contribution in [0.5, 0.6) is 0 Å². The zero-order valence-electron chi connectivity index (χ0n) is 7.61. The smallest absolute Gasteiger partial charge is 0.266 e. The molecule has 1 atom stereocenters. The van der Waals surface area contributed by atoms with Crippen LogP contribution in [-0.2, 0) is 0 Å². The Morgan fingerprint density at radius 1 is 1.25 bits per heavy atom. The first-order valence-electron chi connectivity index (χ1n) is 4.36. The first-order valence-corrected chi connectivity index (χ1v) is 4.36. The molecule has 1 nitrogen and oxygen atoms in total. The monoisotopic (exact) mass is 178 g/mol. The van der Waals surface area contributed by atoms with Crippen LogP contribution in [0.1, 0.15) is 39.5 Å². The van der Waals surface area contributed by atoms with E-state index in [-0.39, 0.29) is 18.3 Å². The van der Waals surface area contributed by atoms with Gasteiger partial charge in [0.15, 0.2) is 0 Å². The van der Waals surface area contributed by atoms with Gasteiger partial charge >= 0.3 is 0 Å². The average Bonchev–Trinajstić information content (AvgIpc) is 1.83. The Labute approximate surface area is 71.8 Å². The minimum atomic E-state index is -2.60. The lowest BCUT2D eigenvalue weighted by Crippen LogP contribution is -2.44. The highest BCUT2D eigenvalue weighted by molar-refractivity contribution is 4.92. The molecule has 0 spiro atoms. The van der Waals surface area contributed by atoms with Gasteiger partial charge in [0.05, 0.1) is 0 Å².